The van der Waals surface area contributed by atoms with E-state index in [1.807, 2.05) is 0 Å². The van der Waals surface area contributed by atoms with Crippen LogP contribution in [0.4, 0.5) is 0 Å². The second kappa shape index (κ2) is 10.5. The molecule has 0 spiro atoms. The highest BCUT2D eigenvalue weighted by Gasteiger charge is 2.47. The van der Waals surface area contributed by atoms with Gasteiger partial charge in [0, 0.05) is 10.6 Å². The molecule has 0 radical (unpaired) electrons. The quantitative estimate of drug-likeness (QED) is 0.329. The summed E-state index contributed by atoms with van der Waals surface area (Å²) in [6, 6.07) is 0. The van der Waals surface area contributed by atoms with E-state index in [2.05, 4.69) is 54.2 Å². The molecule has 1 atom stereocenters. The lowest BCUT2D eigenvalue weighted by molar-refractivity contribution is 0.0578. The van der Waals surface area contributed by atoms with E-state index in [1.165, 1.54) is 0 Å². The van der Waals surface area contributed by atoms with Crippen molar-refractivity contribution in [2.75, 3.05) is 32.2 Å². The minimum absolute atomic E-state index is 0.382. The van der Waals surface area contributed by atoms with Gasteiger partial charge in [0.15, 0.2) is 0 Å². The zero-order chi connectivity index (χ0) is 15.8. The van der Waals surface area contributed by atoms with Crippen LogP contribution in [0.2, 0.25) is 16.6 Å². The van der Waals surface area contributed by atoms with Crippen LogP contribution in [0.25, 0.3) is 0 Å². The molecule has 0 amide bonds. The van der Waals surface area contributed by atoms with Crippen LogP contribution in [0.5, 0.6) is 0 Å². The van der Waals surface area contributed by atoms with E-state index in [4.69, 9.17) is 22.1 Å². The van der Waals surface area contributed by atoms with E-state index in [0.717, 1.165) is 12.4 Å². The maximum absolute atomic E-state index is 5.81. The van der Waals surface area contributed by atoms with Gasteiger partial charge >= 0.3 is 0 Å². The monoisotopic (exact) mass is 338 g/mol. The molecule has 0 heterocycles. The van der Waals surface area contributed by atoms with Crippen LogP contribution in [0.1, 0.15) is 41.5 Å². The van der Waals surface area contributed by atoms with Gasteiger partial charge in [0.1, 0.15) is 0 Å². The van der Waals surface area contributed by atoms with E-state index in [1.54, 1.807) is 0 Å². The Hall–Kier alpha value is 0.837. The van der Waals surface area contributed by atoms with Crippen molar-refractivity contribution in [1.29, 1.82) is 0 Å². The molecule has 0 aromatic carbocycles. The highest BCUT2D eigenvalue weighted by atomic mass is 32.1. The molecular weight excluding hydrogens is 304 g/mol. The van der Waals surface area contributed by atoms with Crippen LogP contribution in [-0.4, -0.2) is 45.1 Å². The molecule has 0 aliphatic rings. The van der Waals surface area contributed by atoms with Crippen molar-refractivity contribution in [2.24, 2.45) is 0 Å². The van der Waals surface area contributed by atoms with E-state index >= 15 is 0 Å². The molecule has 0 fully saturated rings. The molecule has 122 valence electrons. The first-order valence-electron chi connectivity index (χ1n) is 7.76. The lowest BCUT2D eigenvalue weighted by Crippen LogP contribution is -2.54. The fourth-order valence-electron chi connectivity index (χ4n) is 3.78. The van der Waals surface area contributed by atoms with Gasteiger partial charge in [-0.25, -0.2) is 0 Å². The summed E-state index contributed by atoms with van der Waals surface area (Å²) in [5.74, 6) is 0.763. The second-order valence-corrected chi connectivity index (χ2v) is 14.1. The highest BCUT2D eigenvalue weighted by molar-refractivity contribution is 7.83. The Labute approximate surface area is 138 Å². The average Bonchev–Trinajstić information content (AvgIpc) is 2.32. The van der Waals surface area contributed by atoms with Crippen LogP contribution < -0.4 is 0 Å². The van der Waals surface area contributed by atoms with Crippen molar-refractivity contribution < 1.29 is 9.47 Å². The summed E-state index contributed by atoms with van der Waals surface area (Å²) < 4.78 is 11.2. The van der Waals surface area contributed by atoms with Gasteiger partial charge in [-0.05, 0) is 16.6 Å². The van der Waals surface area contributed by atoms with Gasteiger partial charge in [0.25, 0.3) is 0 Å². The number of rotatable bonds is 11. The highest BCUT2D eigenvalue weighted by Crippen LogP contribution is 2.45. The zero-order valence-electron chi connectivity index (χ0n) is 14.1. The molecule has 0 saturated carbocycles. The van der Waals surface area contributed by atoms with Crippen molar-refractivity contribution in [3.63, 3.8) is 0 Å². The predicted octanol–water partition coefficient (Wildman–Crippen LogP) is 4.47. The van der Waals surface area contributed by atoms with E-state index in [-0.39, 0.29) is 0 Å². The summed E-state index contributed by atoms with van der Waals surface area (Å²) in [4.78, 5) is 0.382. The zero-order valence-corrected chi connectivity index (χ0v) is 16.8. The summed E-state index contributed by atoms with van der Waals surface area (Å²) >= 11 is 9.07. The molecular formula is C15H34O2S2Si. The third kappa shape index (κ3) is 5.56. The van der Waals surface area contributed by atoms with Crippen molar-refractivity contribution in [3.8, 4) is 0 Å². The maximum atomic E-state index is 5.81. The Bertz CT molecular complexity index is 226. The van der Waals surface area contributed by atoms with Crippen molar-refractivity contribution >= 4 is 33.3 Å². The average molecular weight is 339 g/mol. The molecule has 0 aliphatic carbocycles. The lowest BCUT2D eigenvalue weighted by Gasteiger charge is -2.47. The third-order valence-electron chi connectivity index (χ3n) is 4.46. The van der Waals surface area contributed by atoms with Gasteiger partial charge in [0.05, 0.1) is 34.5 Å². The third-order valence-corrected chi connectivity index (χ3v) is 13.5. The van der Waals surface area contributed by atoms with Gasteiger partial charge in [0.2, 0.25) is 0 Å². The lowest BCUT2D eigenvalue weighted by atomic mass is 10.5. The Kier molecular flexibility index (Phi) is 11.0. The van der Waals surface area contributed by atoms with Gasteiger partial charge in [-0.2, -0.15) is 25.3 Å². The van der Waals surface area contributed by atoms with E-state index in [9.17, 15) is 0 Å². The molecule has 1 unspecified atom stereocenters. The fourth-order valence-corrected chi connectivity index (χ4v) is 13.4. The molecule has 0 bridgehead atoms. The van der Waals surface area contributed by atoms with Crippen molar-refractivity contribution in [3.05, 3.63) is 0 Å². The molecule has 0 aromatic rings. The summed E-state index contributed by atoms with van der Waals surface area (Å²) in [5, 5.41) is 0. The number of hydrogen-bond acceptors (Lipinski definition) is 4. The predicted molar refractivity (Wildman–Crippen MR) is 99.3 cm³/mol. The Balaban J connectivity index is 4.46. The number of ether oxygens (including phenoxy) is 2. The van der Waals surface area contributed by atoms with Gasteiger partial charge in [-0.15, -0.1) is 0 Å². The van der Waals surface area contributed by atoms with Crippen molar-refractivity contribution in [2.45, 2.75) is 63.0 Å². The van der Waals surface area contributed by atoms with E-state index in [0.29, 0.717) is 41.3 Å². The molecule has 0 saturated heterocycles. The summed E-state index contributed by atoms with van der Waals surface area (Å²) in [7, 11) is -1.52. The molecule has 2 nitrogen and oxygen atoms in total. The van der Waals surface area contributed by atoms with Gasteiger partial charge < -0.3 is 9.47 Å². The Morgan fingerprint density at radius 3 is 1.65 bits per heavy atom. The summed E-state index contributed by atoms with van der Waals surface area (Å²) in [6.45, 7) is 16.9. The molecule has 0 N–H and O–H groups in total. The summed E-state index contributed by atoms with van der Waals surface area (Å²) in [6.07, 6.45) is 0. The molecule has 0 aromatic heterocycles. The maximum Gasteiger partial charge on any atom is 0.0780 e. The first kappa shape index (κ1) is 20.8. The molecule has 0 rings (SSSR count). The van der Waals surface area contributed by atoms with Crippen LogP contribution >= 0.6 is 25.3 Å². The van der Waals surface area contributed by atoms with Gasteiger partial charge in [-0.1, -0.05) is 41.5 Å². The van der Waals surface area contributed by atoms with Crippen molar-refractivity contribution in [1.82, 2.24) is 0 Å². The second-order valence-electron chi connectivity index (χ2n) is 6.39. The molecule has 0 aliphatic heterocycles. The normalized spacial score (nSPS) is 14.6. The van der Waals surface area contributed by atoms with Crippen LogP contribution in [-0.2, 0) is 9.47 Å². The minimum atomic E-state index is -1.52. The topological polar surface area (TPSA) is 18.5 Å². The standard InChI is InChI=1S/C15H34O2S2Si/c1-12(2)20(13(3)4,14(5)6)15(19)11-17-8-7-16-9-10-18/h12-15,18-19H,7-11H2,1-6H3. The largest absolute Gasteiger partial charge is 0.378 e. The first-order chi connectivity index (χ1) is 9.31. The van der Waals surface area contributed by atoms with Crippen LogP contribution in [0.15, 0.2) is 0 Å². The van der Waals surface area contributed by atoms with Gasteiger partial charge in [-0.3, -0.25) is 0 Å². The SMILES string of the molecule is CC(C)[Si](C(C)C)(C(C)C)C(S)COCCOCCS. The first-order valence-corrected chi connectivity index (χ1v) is 11.2. The summed E-state index contributed by atoms with van der Waals surface area (Å²) in [5.41, 5.74) is 2.15. The molecule has 20 heavy (non-hydrogen) atoms. The smallest absolute Gasteiger partial charge is 0.0780 e. The van der Waals surface area contributed by atoms with Crippen LogP contribution in [0.3, 0.4) is 0 Å². The van der Waals surface area contributed by atoms with E-state index < -0.39 is 8.07 Å². The minimum Gasteiger partial charge on any atom is -0.378 e. The molecule has 5 heteroatoms. The Morgan fingerprint density at radius 2 is 1.25 bits per heavy atom. The number of thiol groups is 2. The number of hydrogen-bond donors (Lipinski definition) is 2. The Morgan fingerprint density at radius 1 is 0.800 bits per heavy atom. The van der Waals surface area contributed by atoms with Crippen LogP contribution in [0, 0.1) is 0 Å². The fraction of sp³-hybridized carbons (Fsp3) is 1.00.